The molecule has 1 aliphatic rings. The normalized spacial score (nSPS) is 19.5. The molecule has 0 aliphatic carbocycles. The van der Waals surface area contributed by atoms with Crippen LogP contribution in [0, 0.1) is 5.92 Å². The second kappa shape index (κ2) is 5.44. The molecule has 1 fully saturated rings. The van der Waals surface area contributed by atoms with Crippen molar-refractivity contribution in [1.29, 1.82) is 0 Å². The van der Waals surface area contributed by atoms with Crippen molar-refractivity contribution in [3.05, 3.63) is 36.0 Å². The maximum absolute atomic E-state index is 13.6. The van der Waals surface area contributed by atoms with Crippen LogP contribution in [-0.2, 0) is 11.8 Å². The molecule has 1 amide bonds. The second-order valence-electron chi connectivity index (χ2n) is 5.69. The summed E-state index contributed by atoms with van der Waals surface area (Å²) in [4.78, 5) is 24.9. The van der Waals surface area contributed by atoms with Gasteiger partial charge in [-0.1, -0.05) is 18.2 Å². The molecule has 0 bridgehead atoms. The third kappa shape index (κ3) is 2.34. The van der Waals surface area contributed by atoms with Crippen LogP contribution in [0.25, 0.3) is 10.9 Å². The van der Waals surface area contributed by atoms with Crippen LogP contribution in [0.15, 0.2) is 30.3 Å². The molecule has 22 heavy (non-hydrogen) atoms. The van der Waals surface area contributed by atoms with Crippen molar-refractivity contribution in [3.8, 4) is 0 Å². The zero-order valence-electron chi connectivity index (χ0n) is 12.2. The number of amides is 1. The lowest BCUT2D eigenvalue weighted by atomic mass is 10.0. The molecule has 5 nitrogen and oxygen atoms in total. The molecule has 0 radical (unpaired) electrons. The molecular formula is C16H17FN2O3. The topological polar surface area (TPSA) is 62.5 Å². The molecule has 1 aromatic heterocycles. The first-order chi connectivity index (χ1) is 10.5. The van der Waals surface area contributed by atoms with E-state index in [0.717, 1.165) is 10.9 Å². The van der Waals surface area contributed by atoms with Gasteiger partial charge >= 0.3 is 5.97 Å². The van der Waals surface area contributed by atoms with Crippen molar-refractivity contribution >= 4 is 22.8 Å². The molecule has 2 atom stereocenters. The van der Waals surface area contributed by atoms with Gasteiger partial charge in [-0.2, -0.15) is 0 Å². The third-order valence-electron chi connectivity index (χ3n) is 4.33. The van der Waals surface area contributed by atoms with Gasteiger partial charge in [-0.15, -0.1) is 0 Å². The number of halogens is 1. The van der Waals surface area contributed by atoms with E-state index >= 15 is 0 Å². The van der Waals surface area contributed by atoms with E-state index in [1.54, 1.807) is 0 Å². The van der Waals surface area contributed by atoms with Gasteiger partial charge < -0.3 is 14.6 Å². The maximum atomic E-state index is 13.6. The van der Waals surface area contributed by atoms with Crippen LogP contribution >= 0.6 is 0 Å². The standard InChI is InChI=1S/C16H17FN2O3/c1-18-12-5-3-2-4-10(12)8-13(18)15(20)19-7-6-11(9-19)14(17)16(21)22/h2-5,8,11,14H,6-7,9H2,1H3,(H,21,22). The first kappa shape index (κ1) is 14.6. The fourth-order valence-electron chi connectivity index (χ4n) is 3.07. The molecule has 1 N–H and O–H groups in total. The van der Waals surface area contributed by atoms with E-state index in [2.05, 4.69) is 0 Å². The fourth-order valence-corrected chi connectivity index (χ4v) is 3.07. The van der Waals surface area contributed by atoms with Crippen molar-refractivity contribution in [2.45, 2.75) is 12.6 Å². The maximum Gasteiger partial charge on any atom is 0.338 e. The number of fused-ring (bicyclic) bond motifs is 1. The molecular weight excluding hydrogens is 287 g/mol. The highest BCUT2D eigenvalue weighted by molar-refractivity contribution is 5.98. The number of carboxylic acid groups (broad SMARTS) is 1. The minimum absolute atomic E-state index is 0.147. The second-order valence-corrected chi connectivity index (χ2v) is 5.69. The quantitative estimate of drug-likeness (QED) is 0.944. The molecule has 1 aromatic carbocycles. The van der Waals surface area contributed by atoms with Gasteiger partial charge in [0.15, 0.2) is 0 Å². The van der Waals surface area contributed by atoms with Gasteiger partial charge in [-0.05, 0) is 18.6 Å². The molecule has 6 heteroatoms. The number of aryl methyl sites for hydroxylation is 1. The number of rotatable bonds is 3. The number of carboxylic acids is 1. The molecule has 2 heterocycles. The lowest BCUT2D eigenvalue weighted by Crippen LogP contribution is -2.33. The van der Waals surface area contributed by atoms with E-state index in [-0.39, 0.29) is 12.5 Å². The van der Waals surface area contributed by atoms with Gasteiger partial charge in [0, 0.05) is 37.0 Å². The average Bonchev–Trinajstić information content (AvgIpc) is 3.11. The van der Waals surface area contributed by atoms with Gasteiger partial charge in [-0.3, -0.25) is 4.79 Å². The van der Waals surface area contributed by atoms with Gasteiger partial charge in [-0.25, -0.2) is 9.18 Å². The van der Waals surface area contributed by atoms with E-state index in [4.69, 9.17) is 5.11 Å². The predicted molar refractivity (Wildman–Crippen MR) is 79.5 cm³/mol. The number of nitrogens with zero attached hydrogens (tertiary/aromatic N) is 2. The number of likely N-dealkylation sites (tertiary alicyclic amines) is 1. The van der Waals surface area contributed by atoms with Crippen molar-refractivity contribution in [2.75, 3.05) is 13.1 Å². The Hall–Kier alpha value is -2.37. The molecule has 3 rings (SSSR count). The minimum Gasteiger partial charge on any atom is -0.479 e. The van der Waals surface area contributed by atoms with Crippen LogP contribution in [0.2, 0.25) is 0 Å². The molecule has 116 valence electrons. The zero-order chi connectivity index (χ0) is 15.9. The number of hydrogen-bond acceptors (Lipinski definition) is 2. The smallest absolute Gasteiger partial charge is 0.338 e. The largest absolute Gasteiger partial charge is 0.479 e. The summed E-state index contributed by atoms with van der Waals surface area (Å²) in [6.45, 7) is 0.534. The molecule has 2 unspecified atom stereocenters. The van der Waals surface area contributed by atoms with Crippen LogP contribution in [0.5, 0.6) is 0 Å². The lowest BCUT2D eigenvalue weighted by molar-refractivity contribution is -0.144. The lowest BCUT2D eigenvalue weighted by Gasteiger charge is -2.17. The molecule has 0 spiro atoms. The van der Waals surface area contributed by atoms with Crippen LogP contribution < -0.4 is 0 Å². The Morgan fingerprint density at radius 1 is 1.36 bits per heavy atom. The molecule has 0 saturated carbocycles. The van der Waals surface area contributed by atoms with Crippen LogP contribution in [0.1, 0.15) is 16.9 Å². The van der Waals surface area contributed by atoms with Crippen molar-refractivity contribution in [3.63, 3.8) is 0 Å². The number of benzene rings is 1. The summed E-state index contributed by atoms with van der Waals surface area (Å²) in [7, 11) is 1.82. The highest BCUT2D eigenvalue weighted by Gasteiger charge is 2.36. The Balaban J connectivity index is 1.82. The van der Waals surface area contributed by atoms with Crippen molar-refractivity contribution < 1.29 is 19.1 Å². The first-order valence-corrected chi connectivity index (χ1v) is 7.19. The van der Waals surface area contributed by atoms with E-state index in [9.17, 15) is 14.0 Å². The summed E-state index contributed by atoms with van der Waals surface area (Å²) < 4.78 is 15.4. The summed E-state index contributed by atoms with van der Waals surface area (Å²) in [5.41, 5.74) is 1.49. The Morgan fingerprint density at radius 2 is 2.09 bits per heavy atom. The zero-order valence-corrected chi connectivity index (χ0v) is 12.2. The SMILES string of the molecule is Cn1c(C(=O)N2CCC(C(F)C(=O)O)C2)cc2ccccc21. The predicted octanol–water partition coefficient (Wildman–Crippen LogP) is 2.06. The van der Waals surface area contributed by atoms with Gasteiger partial charge in [0.05, 0.1) is 0 Å². The van der Waals surface area contributed by atoms with E-state index in [1.807, 2.05) is 41.9 Å². The third-order valence-corrected chi connectivity index (χ3v) is 4.33. The fraction of sp³-hybridized carbons (Fsp3) is 0.375. The van der Waals surface area contributed by atoms with Crippen LogP contribution in [0.3, 0.4) is 0 Å². The van der Waals surface area contributed by atoms with Crippen molar-refractivity contribution in [1.82, 2.24) is 9.47 Å². The van der Waals surface area contributed by atoms with E-state index in [0.29, 0.717) is 18.7 Å². The van der Waals surface area contributed by atoms with Crippen LogP contribution in [-0.4, -0.2) is 45.7 Å². The summed E-state index contributed by atoms with van der Waals surface area (Å²) in [6.07, 6.45) is -1.53. The number of alkyl halides is 1. The minimum atomic E-state index is -1.91. The number of carbonyl (C=O) groups excluding carboxylic acids is 1. The van der Waals surface area contributed by atoms with Gasteiger partial charge in [0.2, 0.25) is 6.17 Å². The Kier molecular flexibility index (Phi) is 3.60. The summed E-state index contributed by atoms with van der Waals surface area (Å²) >= 11 is 0. The monoisotopic (exact) mass is 304 g/mol. The van der Waals surface area contributed by atoms with Gasteiger partial charge in [0.25, 0.3) is 5.91 Å². The number of para-hydroxylation sites is 1. The first-order valence-electron chi connectivity index (χ1n) is 7.19. The molecule has 1 saturated heterocycles. The van der Waals surface area contributed by atoms with Crippen molar-refractivity contribution in [2.24, 2.45) is 13.0 Å². The molecule has 1 aliphatic heterocycles. The van der Waals surface area contributed by atoms with E-state index < -0.39 is 18.1 Å². The van der Waals surface area contributed by atoms with E-state index in [1.165, 1.54) is 4.90 Å². The number of aromatic nitrogens is 1. The summed E-state index contributed by atoms with van der Waals surface area (Å²) in [5.74, 6) is -2.26. The highest BCUT2D eigenvalue weighted by atomic mass is 19.1. The summed E-state index contributed by atoms with van der Waals surface area (Å²) in [5, 5.41) is 9.71. The van der Waals surface area contributed by atoms with Gasteiger partial charge in [0.1, 0.15) is 5.69 Å². The Bertz CT molecular complexity index is 740. The number of aliphatic carboxylic acids is 1. The molecule has 2 aromatic rings. The average molecular weight is 304 g/mol. The Morgan fingerprint density at radius 3 is 2.77 bits per heavy atom. The van der Waals surface area contributed by atoms with Crippen LogP contribution in [0.4, 0.5) is 4.39 Å². The Labute approximate surface area is 126 Å². The highest BCUT2D eigenvalue weighted by Crippen LogP contribution is 2.25. The summed E-state index contributed by atoms with van der Waals surface area (Å²) in [6, 6.07) is 9.49. The number of carbonyl (C=O) groups is 2. The number of hydrogen-bond donors (Lipinski definition) is 1.